The Hall–Kier alpha value is -3.63. The first-order valence-electron chi connectivity index (χ1n) is 9.60. The number of halogens is 2. The molecule has 3 rings (SSSR count). The van der Waals surface area contributed by atoms with Crippen LogP contribution in [0.25, 0.3) is 0 Å². The summed E-state index contributed by atoms with van der Waals surface area (Å²) in [5.41, 5.74) is -0.457. The zero-order valence-corrected chi connectivity index (χ0v) is 16.8. The Balaban J connectivity index is 1.65. The molecular formula is C20H21F2N5O4. The second-order valence-corrected chi connectivity index (χ2v) is 7.09. The van der Waals surface area contributed by atoms with E-state index in [9.17, 15) is 28.5 Å². The van der Waals surface area contributed by atoms with Crippen molar-refractivity contribution in [3.63, 3.8) is 0 Å². The number of carbonyl (C=O) groups is 2. The van der Waals surface area contributed by atoms with Crippen molar-refractivity contribution in [2.24, 2.45) is 0 Å². The second-order valence-electron chi connectivity index (χ2n) is 7.09. The van der Waals surface area contributed by atoms with Crippen LogP contribution < -0.4 is 10.2 Å². The van der Waals surface area contributed by atoms with E-state index in [1.807, 2.05) is 4.90 Å². The Morgan fingerprint density at radius 2 is 1.81 bits per heavy atom. The summed E-state index contributed by atoms with van der Waals surface area (Å²) in [7, 11) is 0. The number of piperazine rings is 1. The molecule has 0 saturated carbocycles. The SMILES string of the molecule is CC(=O)NC(CC(=O)N1CCN(c2ccc([N+](=O)[O-])cn2)CC1)c1c(F)cccc1F. The Labute approximate surface area is 176 Å². The van der Waals surface area contributed by atoms with Crippen LogP contribution in [-0.4, -0.2) is 52.8 Å². The van der Waals surface area contributed by atoms with Crippen LogP contribution in [0.1, 0.15) is 24.9 Å². The maximum absolute atomic E-state index is 14.2. The summed E-state index contributed by atoms with van der Waals surface area (Å²) in [4.78, 5) is 42.0. The van der Waals surface area contributed by atoms with Crippen LogP contribution in [0, 0.1) is 21.7 Å². The largest absolute Gasteiger partial charge is 0.353 e. The lowest BCUT2D eigenvalue weighted by Gasteiger charge is -2.36. The minimum Gasteiger partial charge on any atom is -0.353 e. The van der Waals surface area contributed by atoms with E-state index in [2.05, 4.69) is 10.3 Å². The molecule has 1 fully saturated rings. The first-order chi connectivity index (χ1) is 14.8. The van der Waals surface area contributed by atoms with Gasteiger partial charge in [-0.1, -0.05) is 6.07 Å². The van der Waals surface area contributed by atoms with Crippen molar-refractivity contribution < 1.29 is 23.3 Å². The van der Waals surface area contributed by atoms with E-state index in [-0.39, 0.29) is 23.6 Å². The highest BCUT2D eigenvalue weighted by atomic mass is 19.1. The van der Waals surface area contributed by atoms with Gasteiger partial charge in [-0.25, -0.2) is 13.8 Å². The first kappa shape index (κ1) is 22.1. The van der Waals surface area contributed by atoms with Gasteiger partial charge in [-0.3, -0.25) is 19.7 Å². The highest BCUT2D eigenvalue weighted by Gasteiger charge is 2.28. The predicted molar refractivity (Wildman–Crippen MR) is 107 cm³/mol. The minimum absolute atomic E-state index is 0.109. The van der Waals surface area contributed by atoms with Gasteiger partial charge in [0.2, 0.25) is 11.8 Å². The Kier molecular flexibility index (Phi) is 6.73. The van der Waals surface area contributed by atoms with Gasteiger partial charge in [-0.2, -0.15) is 0 Å². The maximum Gasteiger partial charge on any atom is 0.287 e. The molecule has 1 N–H and O–H groups in total. The molecule has 164 valence electrons. The maximum atomic E-state index is 14.2. The van der Waals surface area contributed by atoms with Crippen LogP contribution in [0.2, 0.25) is 0 Å². The third-order valence-corrected chi connectivity index (χ3v) is 5.00. The van der Waals surface area contributed by atoms with E-state index in [1.54, 1.807) is 11.0 Å². The van der Waals surface area contributed by atoms with Gasteiger partial charge in [0.05, 0.1) is 17.4 Å². The zero-order chi connectivity index (χ0) is 22.5. The lowest BCUT2D eigenvalue weighted by molar-refractivity contribution is -0.385. The van der Waals surface area contributed by atoms with Crippen molar-refractivity contribution >= 4 is 23.3 Å². The molecule has 1 aromatic carbocycles. The highest BCUT2D eigenvalue weighted by molar-refractivity contribution is 5.79. The zero-order valence-electron chi connectivity index (χ0n) is 16.8. The minimum atomic E-state index is -1.12. The van der Waals surface area contributed by atoms with Gasteiger partial charge in [-0.05, 0) is 18.2 Å². The number of nitrogens with zero attached hydrogens (tertiary/aromatic N) is 4. The number of benzene rings is 1. The molecule has 1 unspecified atom stereocenters. The third kappa shape index (κ3) is 5.30. The lowest BCUT2D eigenvalue weighted by Crippen LogP contribution is -2.49. The van der Waals surface area contributed by atoms with Gasteiger partial charge in [0.25, 0.3) is 5.69 Å². The number of hydrogen-bond acceptors (Lipinski definition) is 6. The lowest BCUT2D eigenvalue weighted by atomic mass is 10.0. The number of aromatic nitrogens is 1. The summed E-state index contributed by atoms with van der Waals surface area (Å²) in [6, 6.07) is 5.15. The predicted octanol–water partition coefficient (Wildman–Crippen LogP) is 2.18. The fourth-order valence-electron chi connectivity index (χ4n) is 3.48. The van der Waals surface area contributed by atoms with Gasteiger partial charge < -0.3 is 15.1 Å². The summed E-state index contributed by atoms with van der Waals surface area (Å²) in [6.07, 6.45) is 0.890. The van der Waals surface area contributed by atoms with Gasteiger partial charge >= 0.3 is 0 Å². The van der Waals surface area contributed by atoms with E-state index in [4.69, 9.17) is 0 Å². The Morgan fingerprint density at radius 1 is 1.16 bits per heavy atom. The smallest absolute Gasteiger partial charge is 0.287 e. The van der Waals surface area contributed by atoms with Crippen LogP contribution in [0.4, 0.5) is 20.3 Å². The summed E-state index contributed by atoms with van der Waals surface area (Å²) in [5.74, 6) is -1.96. The molecular weight excluding hydrogens is 412 g/mol. The number of amides is 2. The molecule has 11 heteroatoms. The number of carbonyl (C=O) groups excluding carboxylic acids is 2. The highest BCUT2D eigenvalue weighted by Crippen LogP contribution is 2.25. The van der Waals surface area contributed by atoms with Gasteiger partial charge in [-0.15, -0.1) is 0 Å². The summed E-state index contributed by atoms with van der Waals surface area (Å²) in [6.45, 7) is 2.77. The Bertz CT molecular complexity index is 958. The van der Waals surface area contributed by atoms with E-state index in [0.29, 0.717) is 32.0 Å². The van der Waals surface area contributed by atoms with Crippen LogP contribution in [-0.2, 0) is 9.59 Å². The quantitative estimate of drug-likeness (QED) is 0.553. The van der Waals surface area contributed by atoms with Crippen molar-refractivity contribution in [3.05, 3.63) is 63.8 Å². The van der Waals surface area contributed by atoms with Crippen molar-refractivity contribution in [3.8, 4) is 0 Å². The molecule has 1 saturated heterocycles. The van der Waals surface area contributed by atoms with Crippen LogP contribution in [0.3, 0.4) is 0 Å². The Morgan fingerprint density at radius 3 is 2.32 bits per heavy atom. The molecule has 1 atom stereocenters. The van der Waals surface area contributed by atoms with E-state index < -0.39 is 28.5 Å². The normalized spacial score (nSPS) is 14.8. The molecule has 31 heavy (non-hydrogen) atoms. The van der Waals surface area contributed by atoms with E-state index in [0.717, 1.165) is 12.1 Å². The van der Waals surface area contributed by atoms with Crippen LogP contribution in [0.15, 0.2) is 36.5 Å². The third-order valence-electron chi connectivity index (χ3n) is 5.00. The average Bonchev–Trinajstić information content (AvgIpc) is 2.73. The van der Waals surface area contributed by atoms with Crippen molar-refractivity contribution in [2.45, 2.75) is 19.4 Å². The van der Waals surface area contributed by atoms with Gasteiger partial charge in [0.1, 0.15) is 23.6 Å². The molecule has 2 aromatic rings. The average molecular weight is 433 g/mol. The van der Waals surface area contributed by atoms with Gasteiger partial charge in [0, 0.05) is 44.7 Å². The monoisotopic (exact) mass is 433 g/mol. The topological polar surface area (TPSA) is 109 Å². The van der Waals surface area contributed by atoms with Gasteiger partial charge in [0.15, 0.2) is 0 Å². The van der Waals surface area contributed by atoms with Crippen molar-refractivity contribution in [1.29, 1.82) is 0 Å². The molecule has 0 aliphatic carbocycles. The molecule has 9 nitrogen and oxygen atoms in total. The first-order valence-corrected chi connectivity index (χ1v) is 9.60. The standard InChI is InChI=1S/C20H21F2N5O4/c1-13(28)24-17(20-15(21)3-2-4-16(20)22)11-19(29)26-9-7-25(8-10-26)18-6-5-14(12-23-18)27(30)31/h2-6,12,17H,7-11H2,1H3,(H,24,28). The summed E-state index contributed by atoms with van der Waals surface area (Å²) >= 11 is 0. The van der Waals surface area contributed by atoms with Crippen molar-refractivity contribution in [2.75, 3.05) is 31.1 Å². The van der Waals surface area contributed by atoms with E-state index >= 15 is 0 Å². The fraction of sp³-hybridized carbons (Fsp3) is 0.350. The number of rotatable bonds is 6. The second kappa shape index (κ2) is 9.45. The summed E-state index contributed by atoms with van der Waals surface area (Å²) in [5, 5.41) is 13.2. The number of nitrogens with one attached hydrogen (secondary N) is 1. The number of pyridine rings is 1. The fourth-order valence-corrected chi connectivity index (χ4v) is 3.48. The molecule has 0 bridgehead atoms. The molecule has 1 aliphatic rings. The van der Waals surface area contributed by atoms with Crippen molar-refractivity contribution in [1.82, 2.24) is 15.2 Å². The summed E-state index contributed by atoms with van der Waals surface area (Å²) < 4.78 is 28.4. The molecule has 2 heterocycles. The number of nitro groups is 1. The molecule has 0 spiro atoms. The van der Waals surface area contributed by atoms with E-state index in [1.165, 1.54) is 25.3 Å². The molecule has 1 aromatic heterocycles. The number of hydrogen-bond donors (Lipinski definition) is 1. The molecule has 0 radical (unpaired) electrons. The number of anilines is 1. The van der Waals surface area contributed by atoms with Crippen LogP contribution in [0.5, 0.6) is 0 Å². The van der Waals surface area contributed by atoms with Crippen LogP contribution >= 0.6 is 0 Å². The molecule has 1 aliphatic heterocycles. The molecule has 2 amide bonds.